The number of phosphoric ester groups is 1. The number of aliphatic hydroxyl groups excluding tert-OH is 2. The van der Waals surface area contributed by atoms with Crippen LogP contribution in [0.3, 0.4) is 0 Å². The predicted octanol–water partition coefficient (Wildman–Crippen LogP) is 7.94. The Labute approximate surface area is 267 Å². The Bertz CT molecular complexity index is 721. The molecule has 0 aromatic heterocycles. The Hall–Kier alpha value is -1.03. The SMILES string of the molecule is CCCCCCCCCCCCCCCC(=O)OC[C@@H](COP(=O)(O)OC[C@H](O)CO)OC(=O)CCCCCCCCCC. The summed E-state index contributed by atoms with van der Waals surface area (Å²) in [5.74, 6) is -0.923. The number of unbranched alkanes of at least 4 members (excludes halogenated alkanes) is 19. The van der Waals surface area contributed by atoms with Gasteiger partial charge in [0, 0.05) is 12.8 Å². The molecule has 0 aromatic rings. The Morgan fingerprint density at radius 3 is 1.41 bits per heavy atom. The van der Waals surface area contributed by atoms with Crippen LogP contribution in [0.1, 0.15) is 162 Å². The molecule has 0 aliphatic carbocycles. The van der Waals surface area contributed by atoms with Gasteiger partial charge in [-0.1, -0.05) is 136 Å². The standard InChI is InChI=1S/C33H65O10P/c1-3-5-7-9-11-13-14-15-16-17-19-20-22-24-32(36)40-28-31(29-42-44(38,39)41-27-30(35)26-34)43-33(37)25-23-21-18-12-10-8-6-4-2/h30-31,34-35H,3-29H2,1-2H3,(H,38,39)/t30-,31+/m1/s1. The molecule has 0 heterocycles. The molecule has 1 unspecified atom stereocenters. The summed E-state index contributed by atoms with van der Waals surface area (Å²) in [4.78, 5) is 34.6. The summed E-state index contributed by atoms with van der Waals surface area (Å²) in [5.41, 5.74) is 0. The molecule has 0 saturated carbocycles. The summed E-state index contributed by atoms with van der Waals surface area (Å²) in [6, 6.07) is 0. The van der Waals surface area contributed by atoms with Gasteiger partial charge in [0.25, 0.3) is 0 Å². The lowest BCUT2D eigenvalue weighted by molar-refractivity contribution is -0.161. The van der Waals surface area contributed by atoms with Gasteiger partial charge in [-0.2, -0.15) is 0 Å². The number of aliphatic hydroxyl groups is 2. The van der Waals surface area contributed by atoms with Crippen LogP contribution in [0.5, 0.6) is 0 Å². The summed E-state index contributed by atoms with van der Waals surface area (Å²) < 4.78 is 32.4. The lowest BCUT2D eigenvalue weighted by Crippen LogP contribution is -2.29. The molecule has 0 aliphatic rings. The van der Waals surface area contributed by atoms with Crippen molar-refractivity contribution in [2.24, 2.45) is 0 Å². The van der Waals surface area contributed by atoms with Gasteiger partial charge < -0.3 is 24.6 Å². The minimum Gasteiger partial charge on any atom is -0.462 e. The second-order valence-electron chi connectivity index (χ2n) is 11.9. The van der Waals surface area contributed by atoms with Crippen molar-refractivity contribution in [1.82, 2.24) is 0 Å². The van der Waals surface area contributed by atoms with E-state index < -0.39 is 51.8 Å². The number of hydrogen-bond donors (Lipinski definition) is 3. The summed E-state index contributed by atoms with van der Waals surface area (Å²) in [5, 5.41) is 18.2. The first-order valence-corrected chi connectivity index (χ1v) is 19.0. The predicted molar refractivity (Wildman–Crippen MR) is 173 cm³/mol. The highest BCUT2D eigenvalue weighted by molar-refractivity contribution is 7.47. The van der Waals surface area contributed by atoms with Gasteiger partial charge in [-0.3, -0.25) is 18.6 Å². The van der Waals surface area contributed by atoms with Crippen molar-refractivity contribution >= 4 is 19.8 Å². The van der Waals surface area contributed by atoms with Gasteiger partial charge in [-0.15, -0.1) is 0 Å². The second kappa shape index (κ2) is 30.6. The first-order chi connectivity index (χ1) is 21.2. The molecule has 0 aromatic carbocycles. The topological polar surface area (TPSA) is 149 Å². The number of rotatable bonds is 33. The number of hydrogen-bond acceptors (Lipinski definition) is 9. The number of esters is 2. The van der Waals surface area contributed by atoms with Crippen LogP contribution in [0.2, 0.25) is 0 Å². The minimum absolute atomic E-state index is 0.189. The average molecular weight is 653 g/mol. The van der Waals surface area contributed by atoms with Crippen molar-refractivity contribution < 1.29 is 47.8 Å². The number of carbonyl (C=O) groups is 2. The highest BCUT2D eigenvalue weighted by Crippen LogP contribution is 2.43. The van der Waals surface area contributed by atoms with Crippen LogP contribution >= 0.6 is 7.82 Å². The molecule has 0 radical (unpaired) electrons. The highest BCUT2D eigenvalue weighted by atomic mass is 31.2. The van der Waals surface area contributed by atoms with E-state index in [-0.39, 0.29) is 19.4 Å². The number of carbonyl (C=O) groups excluding carboxylic acids is 2. The lowest BCUT2D eigenvalue weighted by Gasteiger charge is -2.20. The molecular formula is C33H65O10P. The van der Waals surface area contributed by atoms with E-state index in [9.17, 15) is 24.2 Å². The summed E-state index contributed by atoms with van der Waals surface area (Å²) >= 11 is 0. The Balaban J connectivity index is 4.35. The van der Waals surface area contributed by atoms with E-state index >= 15 is 0 Å². The Morgan fingerprint density at radius 1 is 0.591 bits per heavy atom. The summed E-state index contributed by atoms with van der Waals surface area (Å²) in [6.45, 7) is 2.33. The van der Waals surface area contributed by atoms with Gasteiger partial charge in [-0.25, -0.2) is 4.57 Å². The largest absolute Gasteiger partial charge is 0.472 e. The van der Waals surface area contributed by atoms with E-state index in [0.717, 1.165) is 38.5 Å². The third kappa shape index (κ3) is 29.7. The van der Waals surface area contributed by atoms with Gasteiger partial charge >= 0.3 is 19.8 Å². The molecule has 0 spiro atoms. The molecule has 10 nitrogen and oxygen atoms in total. The fourth-order valence-corrected chi connectivity index (χ4v) is 5.55. The van der Waals surface area contributed by atoms with Gasteiger partial charge in [0.2, 0.25) is 0 Å². The maximum absolute atomic E-state index is 12.4. The molecule has 0 fully saturated rings. The molecule has 3 atom stereocenters. The van der Waals surface area contributed by atoms with Crippen molar-refractivity contribution in [2.45, 2.75) is 174 Å². The maximum Gasteiger partial charge on any atom is 0.472 e. The molecule has 262 valence electrons. The van der Waals surface area contributed by atoms with E-state index in [1.807, 2.05) is 0 Å². The van der Waals surface area contributed by atoms with Gasteiger partial charge in [0.1, 0.15) is 12.7 Å². The lowest BCUT2D eigenvalue weighted by atomic mass is 10.0. The minimum atomic E-state index is -4.59. The van der Waals surface area contributed by atoms with Crippen LogP contribution in [0.15, 0.2) is 0 Å². The normalized spacial score (nSPS) is 14.2. The summed E-state index contributed by atoms with van der Waals surface area (Å²) in [7, 11) is -4.59. The van der Waals surface area contributed by atoms with Crippen LogP contribution < -0.4 is 0 Å². The van der Waals surface area contributed by atoms with Crippen molar-refractivity contribution in [3.05, 3.63) is 0 Å². The van der Waals surface area contributed by atoms with Gasteiger partial charge in [0.05, 0.1) is 19.8 Å². The fraction of sp³-hybridized carbons (Fsp3) is 0.939. The van der Waals surface area contributed by atoms with Gasteiger partial charge in [-0.05, 0) is 12.8 Å². The van der Waals surface area contributed by atoms with E-state index in [1.165, 1.54) is 83.5 Å². The molecule has 0 amide bonds. The second-order valence-corrected chi connectivity index (χ2v) is 13.4. The molecule has 0 rings (SSSR count). The molecular weight excluding hydrogens is 587 g/mol. The van der Waals surface area contributed by atoms with Crippen LogP contribution in [0.4, 0.5) is 0 Å². The van der Waals surface area contributed by atoms with Crippen molar-refractivity contribution in [2.75, 3.05) is 26.4 Å². The van der Waals surface area contributed by atoms with Crippen molar-refractivity contribution in [3.8, 4) is 0 Å². The third-order valence-electron chi connectivity index (χ3n) is 7.51. The molecule has 0 bridgehead atoms. The zero-order chi connectivity index (χ0) is 32.7. The zero-order valence-electron chi connectivity index (χ0n) is 27.9. The van der Waals surface area contributed by atoms with E-state index in [2.05, 4.69) is 18.4 Å². The maximum atomic E-state index is 12.4. The van der Waals surface area contributed by atoms with E-state index in [1.54, 1.807) is 0 Å². The first-order valence-electron chi connectivity index (χ1n) is 17.5. The van der Waals surface area contributed by atoms with Crippen LogP contribution in [0, 0.1) is 0 Å². The zero-order valence-corrected chi connectivity index (χ0v) is 28.8. The van der Waals surface area contributed by atoms with Gasteiger partial charge in [0.15, 0.2) is 6.10 Å². The Kier molecular flexibility index (Phi) is 29.9. The molecule has 0 aliphatic heterocycles. The monoisotopic (exact) mass is 652 g/mol. The molecule has 11 heteroatoms. The average Bonchev–Trinajstić information content (AvgIpc) is 3.00. The highest BCUT2D eigenvalue weighted by Gasteiger charge is 2.27. The van der Waals surface area contributed by atoms with E-state index in [0.29, 0.717) is 12.8 Å². The first kappa shape index (κ1) is 43.0. The van der Waals surface area contributed by atoms with Crippen LogP contribution in [-0.2, 0) is 32.7 Å². The molecule has 0 saturated heterocycles. The molecule has 44 heavy (non-hydrogen) atoms. The van der Waals surface area contributed by atoms with Crippen LogP contribution in [0.25, 0.3) is 0 Å². The number of phosphoric acid groups is 1. The van der Waals surface area contributed by atoms with Crippen molar-refractivity contribution in [3.63, 3.8) is 0 Å². The molecule has 3 N–H and O–H groups in total. The Morgan fingerprint density at radius 2 is 0.977 bits per heavy atom. The smallest absolute Gasteiger partial charge is 0.462 e. The van der Waals surface area contributed by atoms with Crippen molar-refractivity contribution in [1.29, 1.82) is 0 Å². The summed E-state index contributed by atoms with van der Waals surface area (Å²) in [6.07, 6.45) is 22.3. The fourth-order valence-electron chi connectivity index (χ4n) is 4.76. The van der Waals surface area contributed by atoms with E-state index in [4.69, 9.17) is 19.1 Å². The number of ether oxygens (including phenoxy) is 2. The third-order valence-corrected chi connectivity index (χ3v) is 8.46. The quantitative estimate of drug-likeness (QED) is 0.0362. The van der Waals surface area contributed by atoms with Crippen LogP contribution in [-0.4, -0.2) is 65.7 Å².